The van der Waals surface area contributed by atoms with Gasteiger partial charge in [0.25, 0.3) is 0 Å². The first-order chi connectivity index (χ1) is 11.9. The van der Waals surface area contributed by atoms with Crippen molar-refractivity contribution in [1.29, 1.82) is 0 Å². The fourth-order valence-corrected chi connectivity index (χ4v) is 3.60. The molecule has 0 aromatic heterocycles. The number of carboxylic acid groups (broad SMARTS) is 1. The summed E-state index contributed by atoms with van der Waals surface area (Å²) in [7, 11) is 5.55. The number of likely N-dealkylation sites (tertiary alicyclic amines) is 1. The number of carbonyl (C=O) groups is 1. The van der Waals surface area contributed by atoms with Crippen molar-refractivity contribution >= 4 is 37.0 Å². The molecule has 1 saturated heterocycles. The molecule has 2 atom stereocenters. The van der Waals surface area contributed by atoms with Crippen LogP contribution < -0.4 is 11.1 Å². The van der Waals surface area contributed by atoms with Gasteiger partial charge in [-0.15, -0.1) is 0 Å². The summed E-state index contributed by atoms with van der Waals surface area (Å²) in [6.45, 7) is 3.21. The zero-order valence-electron chi connectivity index (χ0n) is 14.2. The highest BCUT2D eigenvalue weighted by Gasteiger charge is 2.48. The molecule has 2 rings (SSSR count). The van der Waals surface area contributed by atoms with Crippen LogP contribution in [0.2, 0.25) is 16.4 Å². The number of nitrogens with one attached hydrogen (secondary N) is 1. The molecular weight excluding hydrogens is 360 g/mol. The Hall–Kier alpha value is -0.785. The Balaban J connectivity index is 1.80. The molecule has 4 N–H and O–H groups in total. The molecule has 0 bridgehead atoms. The molecule has 2 radical (unpaired) electrons. The van der Waals surface area contributed by atoms with Crippen LogP contribution in [0.15, 0.2) is 18.2 Å². The van der Waals surface area contributed by atoms with Crippen molar-refractivity contribution in [1.82, 2.24) is 10.2 Å². The van der Waals surface area contributed by atoms with Crippen molar-refractivity contribution < 1.29 is 9.90 Å². The quantitative estimate of drug-likeness (QED) is 0.449. The van der Waals surface area contributed by atoms with E-state index >= 15 is 0 Å². The first-order valence-electron chi connectivity index (χ1n) is 8.46. The maximum atomic E-state index is 11.6. The van der Waals surface area contributed by atoms with Gasteiger partial charge < -0.3 is 16.2 Å². The highest BCUT2D eigenvalue weighted by molar-refractivity contribution is 6.42. The minimum atomic E-state index is -1.18. The number of aliphatic carboxylic acids is 1. The molecule has 0 unspecified atom stereocenters. The van der Waals surface area contributed by atoms with Gasteiger partial charge in [0.15, 0.2) is 0 Å². The Morgan fingerprint density at radius 1 is 1.44 bits per heavy atom. The third-order valence-electron chi connectivity index (χ3n) is 4.77. The maximum Gasteiger partial charge on any atom is 0.325 e. The van der Waals surface area contributed by atoms with Gasteiger partial charge in [0.2, 0.25) is 0 Å². The zero-order chi connectivity index (χ0) is 18.4. The summed E-state index contributed by atoms with van der Waals surface area (Å²) in [6, 6.07) is 5.54. The molecule has 1 fully saturated rings. The van der Waals surface area contributed by atoms with E-state index in [1.54, 1.807) is 6.07 Å². The Morgan fingerprint density at radius 2 is 2.20 bits per heavy atom. The van der Waals surface area contributed by atoms with Crippen molar-refractivity contribution in [2.45, 2.75) is 31.2 Å². The molecule has 1 aliphatic rings. The predicted octanol–water partition coefficient (Wildman–Crippen LogP) is 2.16. The molecule has 25 heavy (non-hydrogen) atoms. The number of benzene rings is 1. The van der Waals surface area contributed by atoms with Gasteiger partial charge in [-0.25, -0.2) is 0 Å². The van der Waals surface area contributed by atoms with E-state index in [0.29, 0.717) is 36.0 Å². The van der Waals surface area contributed by atoms with Crippen LogP contribution in [0.25, 0.3) is 0 Å². The van der Waals surface area contributed by atoms with Crippen LogP contribution in [-0.2, 0) is 11.3 Å². The summed E-state index contributed by atoms with van der Waals surface area (Å²) < 4.78 is 0. The van der Waals surface area contributed by atoms with Gasteiger partial charge in [-0.3, -0.25) is 9.69 Å². The van der Waals surface area contributed by atoms with Gasteiger partial charge in [-0.2, -0.15) is 0 Å². The Bertz CT molecular complexity index is 605. The first-order valence-corrected chi connectivity index (χ1v) is 9.21. The normalized spacial score (nSPS) is 23.9. The summed E-state index contributed by atoms with van der Waals surface area (Å²) >= 11 is 11.9. The molecule has 0 saturated carbocycles. The van der Waals surface area contributed by atoms with Gasteiger partial charge in [0.1, 0.15) is 5.54 Å². The Kier molecular flexibility index (Phi) is 7.59. The van der Waals surface area contributed by atoms with Gasteiger partial charge >= 0.3 is 5.97 Å². The number of halogens is 2. The molecule has 1 aromatic rings. The second kappa shape index (κ2) is 9.24. The molecule has 0 aliphatic carbocycles. The van der Waals surface area contributed by atoms with E-state index in [-0.39, 0.29) is 5.92 Å². The van der Waals surface area contributed by atoms with Gasteiger partial charge in [0, 0.05) is 38.6 Å². The Labute approximate surface area is 160 Å². The summed E-state index contributed by atoms with van der Waals surface area (Å²) in [5.74, 6) is -0.996. The van der Waals surface area contributed by atoms with Crippen LogP contribution in [0.3, 0.4) is 0 Å². The second-order valence-corrected chi connectivity index (χ2v) is 7.45. The van der Waals surface area contributed by atoms with Crippen molar-refractivity contribution in [2.75, 3.05) is 26.2 Å². The van der Waals surface area contributed by atoms with Crippen LogP contribution >= 0.6 is 23.2 Å². The lowest BCUT2D eigenvalue weighted by atomic mass is 9.83. The van der Waals surface area contributed by atoms with Crippen molar-refractivity contribution in [3.63, 3.8) is 0 Å². The van der Waals surface area contributed by atoms with Crippen molar-refractivity contribution in [3.8, 4) is 0 Å². The molecule has 8 heteroatoms. The SMILES string of the molecule is [B]CCC[C@H]1CN(CCNCc2ccc(Cl)c(Cl)c2)C[C@@]1(N)C(=O)O. The summed E-state index contributed by atoms with van der Waals surface area (Å²) in [5, 5.41) is 13.9. The third kappa shape index (κ3) is 5.34. The average Bonchev–Trinajstić information content (AvgIpc) is 2.90. The lowest BCUT2D eigenvalue weighted by Crippen LogP contribution is -2.54. The molecule has 0 spiro atoms. The number of rotatable bonds is 9. The summed E-state index contributed by atoms with van der Waals surface area (Å²) in [6.07, 6.45) is 2.09. The van der Waals surface area contributed by atoms with Crippen LogP contribution in [0.4, 0.5) is 0 Å². The van der Waals surface area contributed by atoms with E-state index in [2.05, 4.69) is 10.2 Å². The molecule has 1 aromatic carbocycles. The van der Waals surface area contributed by atoms with E-state index in [0.717, 1.165) is 31.5 Å². The van der Waals surface area contributed by atoms with E-state index in [1.807, 2.05) is 12.1 Å². The molecule has 0 amide bonds. The second-order valence-electron chi connectivity index (χ2n) is 6.63. The van der Waals surface area contributed by atoms with Crippen molar-refractivity contribution in [3.05, 3.63) is 33.8 Å². The summed E-state index contributed by atoms with van der Waals surface area (Å²) in [4.78, 5) is 13.7. The lowest BCUT2D eigenvalue weighted by molar-refractivity contribution is -0.144. The number of hydrogen-bond acceptors (Lipinski definition) is 4. The largest absolute Gasteiger partial charge is 0.480 e. The molecular formula is C17H24BCl2N3O2. The van der Waals surface area contributed by atoms with Crippen molar-refractivity contribution in [2.24, 2.45) is 11.7 Å². The zero-order valence-corrected chi connectivity index (χ0v) is 15.7. The van der Waals surface area contributed by atoms with Gasteiger partial charge in [0.05, 0.1) is 17.9 Å². The Morgan fingerprint density at radius 3 is 2.84 bits per heavy atom. The summed E-state index contributed by atoms with van der Waals surface area (Å²) in [5.41, 5.74) is 6.04. The molecule has 5 nitrogen and oxygen atoms in total. The minimum Gasteiger partial charge on any atom is -0.480 e. The molecule has 1 heterocycles. The van der Waals surface area contributed by atoms with Crippen LogP contribution in [0.5, 0.6) is 0 Å². The number of hydrogen-bond donors (Lipinski definition) is 3. The smallest absolute Gasteiger partial charge is 0.325 e. The number of carboxylic acids is 1. The average molecular weight is 384 g/mol. The van der Waals surface area contributed by atoms with Crippen LogP contribution in [-0.4, -0.2) is 55.5 Å². The van der Waals surface area contributed by atoms with E-state index in [9.17, 15) is 9.90 Å². The highest BCUT2D eigenvalue weighted by Crippen LogP contribution is 2.30. The van der Waals surface area contributed by atoms with Crippen LogP contribution in [0.1, 0.15) is 18.4 Å². The third-order valence-corrected chi connectivity index (χ3v) is 5.50. The number of nitrogens with two attached hydrogens (primary N) is 1. The lowest BCUT2D eigenvalue weighted by Gasteiger charge is -2.25. The number of nitrogens with zero attached hydrogens (tertiary/aromatic N) is 1. The van der Waals surface area contributed by atoms with E-state index in [4.69, 9.17) is 36.8 Å². The topological polar surface area (TPSA) is 78.6 Å². The standard InChI is InChI=1S/C17H24BCl2N3O2/c18-5-1-2-13-10-23(11-17(13,21)16(24)25)7-6-22-9-12-3-4-14(19)15(20)8-12/h3-4,8,13,22H,1-2,5-7,9-11,21H2,(H,24,25)/t13-,17-/m0/s1. The van der Waals surface area contributed by atoms with Gasteiger partial charge in [-0.05, 0) is 24.1 Å². The van der Waals surface area contributed by atoms with E-state index in [1.165, 1.54) is 0 Å². The molecule has 1 aliphatic heterocycles. The minimum absolute atomic E-state index is 0.0661. The monoisotopic (exact) mass is 383 g/mol. The van der Waals surface area contributed by atoms with E-state index < -0.39 is 11.5 Å². The fraction of sp³-hybridized carbons (Fsp3) is 0.588. The highest BCUT2D eigenvalue weighted by atomic mass is 35.5. The molecule has 136 valence electrons. The van der Waals surface area contributed by atoms with Crippen LogP contribution in [0, 0.1) is 5.92 Å². The maximum absolute atomic E-state index is 11.6. The first kappa shape index (κ1) is 20.5. The fourth-order valence-electron chi connectivity index (χ4n) is 3.28. The van der Waals surface area contributed by atoms with Gasteiger partial charge in [-0.1, -0.05) is 42.0 Å². The predicted molar refractivity (Wildman–Crippen MR) is 102 cm³/mol.